The predicted molar refractivity (Wildman–Crippen MR) is 118 cm³/mol. The minimum absolute atomic E-state index is 0.192. The molecule has 1 heterocycles. The van der Waals surface area contributed by atoms with E-state index in [-0.39, 0.29) is 11.7 Å². The second-order valence-corrected chi connectivity index (χ2v) is 7.70. The largest absolute Gasteiger partial charge is 0.322 e. The van der Waals surface area contributed by atoms with Gasteiger partial charge < -0.3 is 5.32 Å². The van der Waals surface area contributed by atoms with Crippen LogP contribution < -0.4 is 5.32 Å². The number of nitrogens with one attached hydrogen (secondary N) is 1. The number of piperazine rings is 1. The van der Waals surface area contributed by atoms with Crippen LogP contribution in [0.25, 0.3) is 0 Å². The Kier molecular flexibility index (Phi) is 6.52. The lowest BCUT2D eigenvalue weighted by molar-refractivity contribution is 0.102. The number of nitrogens with zero attached hydrogens (tertiary/aromatic N) is 2. The van der Waals surface area contributed by atoms with E-state index in [1.54, 1.807) is 12.1 Å². The lowest BCUT2D eigenvalue weighted by Crippen LogP contribution is -2.45. The van der Waals surface area contributed by atoms with Crippen molar-refractivity contribution >= 4 is 11.6 Å². The Labute approximate surface area is 176 Å². The van der Waals surface area contributed by atoms with Crippen molar-refractivity contribution in [1.29, 1.82) is 0 Å². The number of benzene rings is 3. The molecule has 0 spiro atoms. The quantitative estimate of drug-likeness (QED) is 0.663. The summed E-state index contributed by atoms with van der Waals surface area (Å²) < 4.78 is 13.0. The van der Waals surface area contributed by atoms with Gasteiger partial charge in [0.1, 0.15) is 5.82 Å². The average molecular weight is 404 g/mol. The smallest absolute Gasteiger partial charge is 0.255 e. The summed E-state index contributed by atoms with van der Waals surface area (Å²) in [6, 6.07) is 24.1. The van der Waals surface area contributed by atoms with Crippen molar-refractivity contribution in [2.24, 2.45) is 0 Å². The Morgan fingerprint density at radius 2 is 1.27 bits per heavy atom. The van der Waals surface area contributed by atoms with Crippen molar-refractivity contribution in [2.75, 3.05) is 31.5 Å². The molecule has 0 saturated carbocycles. The van der Waals surface area contributed by atoms with Crippen LogP contribution in [-0.4, -0.2) is 41.9 Å². The van der Waals surface area contributed by atoms with Crippen molar-refractivity contribution in [2.45, 2.75) is 13.1 Å². The van der Waals surface area contributed by atoms with E-state index in [9.17, 15) is 9.18 Å². The highest BCUT2D eigenvalue weighted by Crippen LogP contribution is 2.14. The summed E-state index contributed by atoms with van der Waals surface area (Å²) in [4.78, 5) is 17.3. The first-order chi connectivity index (χ1) is 14.7. The molecule has 0 aliphatic carbocycles. The first kappa shape index (κ1) is 20.3. The van der Waals surface area contributed by atoms with Gasteiger partial charge in [0.15, 0.2) is 0 Å². The third-order valence-electron chi connectivity index (χ3n) is 5.44. The highest BCUT2D eigenvalue weighted by atomic mass is 19.1. The maximum absolute atomic E-state index is 13.0. The van der Waals surface area contributed by atoms with Crippen molar-refractivity contribution in [3.63, 3.8) is 0 Å². The second-order valence-electron chi connectivity index (χ2n) is 7.70. The van der Waals surface area contributed by atoms with Gasteiger partial charge in [0.05, 0.1) is 0 Å². The molecule has 1 aliphatic rings. The monoisotopic (exact) mass is 403 g/mol. The molecule has 5 heteroatoms. The predicted octanol–water partition coefficient (Wildman–Crippen LogP) is 4.40. The maximum Gasteiger partial charge on any atom is 0.255 e. The van der Waals surface area contributed by atoms with Crippen LogP contribution in [0.4, 0.5) is 10.1 Å². The number of hydrogen-bond acceptors (Lipinski definition) is 3. The van der Waals surface area contributed by atoms with Crippen molar-refractivity contribution in [1.82, 2.24) is 9.80 Å². The van der Waals surface area contributed by atoms with Gasteiger partial charge >= 0.3 is 0 Å². The normalized spacial score (nSPS) is 15.1. The molecular weight excluding hydrogens is 377 g/mol. The van der Waals surface area contributed by atoms with Gasteiger partial charge in [-0.2, -0.15) is 0 Å². The molecule has 4 rings (SSSR count). The maximum atomic E-state index is 13.0. The minimum Gasteiger partial charge on any atom is -0.322 e. The number of halogens is 1. The summed E-state index contributed by atoms with van der Waals surface area (Å²) in [6.45, 7) is 6.10. The summed E-state index contributed by atoms with van der Waals surface area (Å²) in [7, 11) is 0. The van der Waals surface area contributed by atoms with Crippen molar-refractivity contribution < 1.29 is 9.18 Å². The van der Waals surface area contributed by atoms with Crippen molar-refractivity contribution in [3.05, 3.63) is 101 Å². The minimum atomic E-state index is -0.321. The van der Waals surface area contributed by atoms with E-state index in [0.29, 0.717) is 11.3 Å². The Morgan fingerprint density at radius 1 is 0.733 bits per heavy atom. The lowest BCUT2D eigenvalue weighted by atomic mass is 10.1. The number of amides is 1. The third kappa shape index (κ3) is 5.53. The molecular formula is C25H26FN3O. The molecule has 4 nitrogen and oxygen atoms in total. The number of carbonyl (C=O) groups excluding carboxylic acids is 1. The van der Waals surface area contributed by atoms with E-state index < -0.39 is 0 Å². The topological polar surface area (TPSA) is 35.6 Å². The van der Waals surface area contributed by atoms with Gasteiger partial charge in [-0.3, -0.25) is 14.6 Å². The number of anilines is 1. The molecule has 154 valence electrons. The molecule has 0 atom stereocenters. The zero-order valence-electron chi connectivity index (χ0n) is 16.9. The molecule has 0 aromatic heterocycles. The van der Waals surface area contributed by atoms with Gasteiger partial charge in [-0.05, 0) is 47.5 Å². The summed E-state index contributed by atoms with van der Waals surface area (Å²) in [6.07, 6.45) is 0. The van der Waals surface area contributed by atoms with Crippen LogP contribution in [0, 0.1) is 5.82 Å². The van der Waals surface area contributed by atoms with E-state index in [4.69, 9.17) is 0 Å². The second kappa shape index (κ2) is 9.65. The number of carbonyl (C=O) groups is 1. The highest BCUT2D eigenvalue weighted by Gasteiger charge is 2.17. The molecule has 0 unspecified atom stereocenters. The number of hydrogen-bond donors (Lipinski definition) is 1. The molecule has 1 aliphatic heterocycles. The molecule has 0 radical (unpaired) electrons. The Morgan fingerprint density at radius 3 is 1.83 bits per heavy atom. The van der Waals surface area contributed by atoms with Crippen LogP contribution in [0.15, 0.2) is 78.9 Å². The third-order valence-corrected chi connectivity index (χ3v) is 5.44. The lowest BCUT2D eigenvalue weighted by Gasteiger charge is -2.34. The number of rotatable bonds is 6. The van der Waals surface area contributed by atoms with Gasteiger partial charge in [-0.1, -0.05) is 42.5 Å². The summed E-state index contributed by atoms with van der Waals surface area (Å²) in [5.74, 6) is -0.513. The van der Waals surface area contributed by atoms with Gasteiger partial charge in [0.2, 0.25) is 0 Å². The van der Waals surface area contributed by atoms with Crippen LogP contribution in [0.2, 0.25) is 0 Å². The molecule has 3 aromatic rings. The fourth-order valence-electron chi connectivity index (χ4n) is 3.70. The summed E-state index contributed by atoms with van der Waals surface area (Å²) in [5, 5.41) is 2.79. The zero-order chi connectivity index (χ0) is 20.8. The van der Waals surface area contributed by atoms with Crippen LogP contribution in [0.1, 0.15) is 21.5 Å². The van der Waals surface area contributed by atoms with Crippen LogP contribution in [0.5, 0.6) is 0 Å². The Bertz CT molecular complexity index is 950. The fourth-order valence-corrected chi connectivity index (χ4v) is 3.70. The van der Waals surface area contributed by atoms with Crippen molar-refractivity contribution in [3.8, 4) is 0 Å². The van der Waals surface area contributed by atoms with Gasteiger partial charge in [-0.25, -0.2) is 4.39 Å². The fraction of sp³-hybridized carbons (Fsp3) is 0.240. The van der Waals surface area contributed by atoms with Crippen LogP contribution in [-0.2, 0) is 13.1 Å². The van der Waals surface area contributed by atoms with Gasteiger partial charge in [-0.15, -0.1) is 0 Å². The Balaban J connectivity index is 1.25. The summed E-state index contributed by atoms with van der Waals surface area (Å²) in [5.41, 5.74) is 3.74. The summed E-state index contributed by atoms with van der Waals surface area (Å²) >= 11 is 0. The SMILES string of the molecule is O=C(Nc1ccc(F)cc1)c1ccc(CN2CCN(Cc3ccccc3)CC2)cc1. The first-order valence-electron chi connectivity index (χ1n) is 10.3. The molecule has 0 bridgehead atoms. The average Bonchev–Trinajstić information content (AvgIpc) is 2.78. The molecule has 1 fully saturated rings. The van der Waals surface area contributed by atoms with Crippen LogP contribution in [0.3, 0.4) is 0 Å². The van der Waals surface area contributed by atoms with E-state index in [1.807, 2.05) is 24.3 Å². The van der Waals surface area contributed by atoms with E-state index >= 15 is 0 Å². The molecule has 3 aromatic carbocycles. The molecule has 30 heavy (non-hydrogen) atoms. The standard InChI is InChI=1S/C25H26FN3O/c26-23-10-12-24(13-11-23)27-25(30)22-8-6-21(7-9-22)19-29-16-14-28(15-17-29)18-20-4-2-1-3-5-20/h1-13H,14-19H2,(H,27,30). The van der Waals surface area contributed by atoms with Gasteiger partial charge in [0, 0.05) is 50.5 Å². The highest BCUT2D eigenvalue weighted by molar-refractivity contribution is 6.04. The molecule has 1 N–H and O–H groups in total. The molecule has 1 saturated heterocycles. The molecule has 1 amide bonds. The zero-order valence-corrected chi connectivity index (χ0v) is 16.9. The van der Waals surface area contributed by atoms with E-state index in [2.05, 4.69) is 45.4 Å². The van der Waals surface area contributed by atoms with E-state index in [0.717, 1.165) is 39.3 Å². The first-order valence-corrected chi connectivity index (χ1v) is 10.3. The Hall–Kier alpha value is -3.02. The van der Waals surface area contributed by atoms with E-state index in [1.165, 1.54) is 23.3 Å². The van der Waals surface area contributed by atoms with Crippen LogP contribution >= 0.6 is 0 Å². The van der Waals surface area contributed by atoms with Gasteiger partial charge in [0.25, 0.3) is 5.91 Å².